The summed E-state index contributed by atoms with van der Waals surface area (Å²) in [5.74, 6) is 0.721. The lowest BCUT2D eigenvalue weighted by Crippen LogP contribution is -2.36. The average molecular weight is 498 g/mol. The van der Waals surface area contributed by atoms with Gasteiger partial charge in [0.05, 0.1) is 18.6 Å². The lowest BCUT2D eigenvalue weighted by Gasteiger charge is -2.27. The third-order valence-electron chi connectivity index (χ3n) is 7.08. The van der Waals surface area contributed by atoms with Crippen molar-refractivity contribution in [3.05, 3.63) is 66.2 Å². The molecule has 2 N–H and O–H groups in total. The van der Waals surface area contributed by atoms with Crippen LogP contribution >= 0.6 is 0 Å². The number of anilines is 2. The normalized spacial score (nSPS) is 16.7. The molecular weight excluding hydrogens is 466 g/mol. The highest BCUT2D eigenvalue weighted by atomic mass is 16.5. The van der Waals surface area contributed by atoms with Gasteiger partial charge in [0.25, 0.3) is 5.91 Å². The van der Waals surface area contributed by atoms with Gasteiger partial charge < -0.3 is 19.9 Å². The standard InChI is InChI=1S/C28H31N7O2/c36-28(25-16-20(8-9-29-25)18-34-10-2-1-3-11-34)32-22-6-4-21(5-7-22)24-17-23-26(33-24)30-19-31-27(23)35-12-14-37-15-13-35/h4-9,16-17,19H,1-3,10-15,18H2,(H,32,36)(H,30,31,33). The number of pyridine rings is 1. The van der Waals surface area contributed by atoms with Crippen molar-refractivity contribution in [1.82, 2.24) is 24.8 Å². The Labute approximate surface area is 215 Å². The number of nitrogens with one attached hydrogen (secondary N) is 2. The van der Waals surface area contributed by atoms with Crippen molar-refractivity contribution in [3.63, 3.8) is 0 Å². The number of benzene rings is 1. The Bertz CT molecular complexity index is 1370. The lowest BCUT2D eigenvalue weighted by atomic mass is 10.1. The van der Waals surface area contributed by atoms with Gasteiger partial charge in [-0.25, -0.2) is 9.97 Å². The van der Waals surface area contributed by atoms with Crippen LogP contribution in [0.3, 0.4) is 0 Å². The van der Waals surface area contributed by atoms with E-state index >= 15 is 0 Å². The van der Waals surface area contributed by atoms with Crippen molar-refractivity contribution in [3.8, 4) is 11.3 Å². The molecule has 2 fully saturated rings. The molecule has 190 valence electrons. The largest absolute Gasteiger partial charge is 0.378 e. The van der Waals surface area contributed by atoms with E-state index in [0.717, 1.165) is 72.1 Å². The van der Waals surface area contributed by atoms with Gasteiger partial charge in [0.2, 0.25) is 0 Å². The molecule has 6 rings (SSSR count). The Morgan fingerprint density at radius 3 is 2.57 bits per heavy atom. The van der Waals surface area contributed by atoms with E-state index in [1.165, 1.54) is 19.3 Å². The number of morpholine rings is 1. The molecule has 3 aromatic heterocycles. The highest BCUT2D eigenvalue weighted by Gasteiger charge is 2.18. The summed E-state index contributed by atoms with van der Waals surface area (Å²) in [5, 5.41) is 3.97. The second-order valence-electron chi connectivity index (χ2n) is 9.66. The molecule has 0 spiro atoms. The average Bonchev–Trinajstić information content (AvgIpc) is 3.39. The minimum absolute atomic E-state index is 0.204. The number of fused-ring (bicyclic) bond motifs is 1. The Hall–Kier alpha value is -3.82. The van der Waals surface area contributed by atoms with Crippen molar-refractivity contribution in [2.24, 2.45) is 0 Å². The fraction of sp³-hybridized carbons (Fsp3) is 0.357. The van der Waals surface area contributed by atoms with Crippen LogP contribution in [-0.2, 0) is 11.3 Å². The highest BCUT2D eigenvalue weighted by Crippen LogP contribution is 2.29. The van der Waals surface area contributed by atoms with Gasteiger partial charge in [0.15, 0.2) is 0 Å². The van der Waals surface area contributed by atoms with E-state index < -0.39 is 0 Å². The van der Waals surface area contributed by atoms with Crippen molar-refractivity contribution >= 4 is 28.4 Å². The molecule has 0 radical (unpaired) electrons. The van der Waals surface area contributed by atoms with E-state index in [2.05, 4.69) is 41.1 Å². The topological polar surface area (TPSA) is 99.3 Å². The molecule has 0 saturated carbocycles. The van der Waals surface area contributed by atoms with Crippen LogP contribution in [0, 0.1) is 0 Å². The van der Waals surface area contributed by atoms with Gasteiger partial charge in [-0.2, -0.15) is 0 Å². The van der Waals surface area contributed by atoms with E-state index in [9.17, 15) is 4.79 Å². The first-order valence-electron chi connectivity index (χ1n) is 13.0. The summed E-state index contributed by atoms with van der Waals surface area (Å²) in [5.41, 5.74) is 5.04. The summed E-state index contributed by atoms with van der Waals surface area (Å²) in [7, 11) is 0. The SMILES string of the molecule is O=C(Nc1ccc(-c2cc3c(N4CCOCC4)ncnc3[nH]2)cc1)c1cc(CN2CCCCC2)ccn1. The van der Waals surface area contributed by atoms with Gasteiger partial charge in [-0.05, 0) is 67.4 Å². The van der Waals surface area contributed by atoms with Gasteiger partial charge in [0, 0.05) is 37.2 Å². The van der Waals surface area contributed by atoms with Crippen LogP contribution in [0.25, 0.3) is 22.3 Å². The second kappa shape index (κ2) is 10.7. The zero-order valence-electron chi connectivity index (χ0n) is 20.8. The number of ether oxygens (including phenoxy) is 1. The van der Waals surface area contributed by atoms with Crippen molar-refractivity contribution < 1.29 is 9.53 Å². The zero-order chi connectivity index (χ0) is 25.0. The first kappa shape index (κ1) is 23.6. The molecule has 5 heterocycles. The van der Waals surface area contributed by atoms with Crippen LogP contribution in [0.4, 0.5) is 11.5 Å². The Morgan fingerprint density at radius 2 is 1.76 bits per heavy atom. The molecule has 37 heavy (non-hydrogen) atoms. The van der Waals surface area contributed by atoms with Gasteiger partial charge in [0.1, 0.15) is 23.5 Å². The van der Waals surface area contributed by atoms with E-state index in [-0.39, 0.29) is 5.91 Å². The van der Waals surface area contributed by atoms with Crippen LogP contribution in [0.15, 0.2) is 55.0 Å². The minimum Gasteiger partial charge on any atom is -0.378 e. The summed E-state index contributed by atoms with van der Waals surface area (Å²) >= 11 is 0. The molecular formula is C28H31N7O2. The number of amides is 1. The van der Waals surface area contributed by atoms with Gasteiger partial charge >= 0.3 is 0 Å². The molecule has 0 unspecified atom stereocenters. The molecule has 9 nitrogen and oxygen atoms in total. The Kier molecular flexibility index (Phi) is 6.79. The predicted molar refractivity (Wildman–Crippen MR) is 144 cm³/mol. The zero-order valence-corrected chi connectivity index (χ0v) is 20.8. The van der Waals surface area contributed by atoms with Gasteiger partial charge in [-0.15, -0.1) is 0 Å². The smallest absolute Gasteiger partial charge is 0.274 e. The second-order valence-corrected chi connectivity index (χ2v) is 9.66. The van der Waals surface area contributed by atoms with E-state index in [1.54, 1.807) is 12.5 Å². The van der Waals surface area contributed by atoms with E-state index in [4.69, 9.17) is 4.74 Å². The summed E-state index contributed by atoms with van der Waals surface area (Å²) in [4.78, 5) is 34.2. The maximum Gasteiger partial charge on any atom is 0.274 e. The first-order valence-corrected chi connectivity index (χ1v) is 13.0. The monoisotopic (exact) mass is 497 g/mol. The maximum absolute atomic E-state index is 12.9. The fourth-order valence-corrected chi connectivity index (χ4v) is 5.11. The number of piperidine rings is 1. The maximum atomic E-state index is 12.9. The lowest BCUT2D eigenvalue weighted by molar-refractivity contribution is 0.102. The number of likely N-dealkylation sites (tertiary alicyclic amines) is 1. The number of carbonyl (C=O) groups is 1. The molecule has 9 heteroatoms. The van der Waals surface area contributed by atoms with E-state index in [0.29, 0.717) is 18.9 Å². The number of H-pyrrole nitrogens is 1. The molecule has 2 saturated heterocycles. The van der Waals surface area contributed by atoms with Gasteiger partial charge in [-0.1, -0.05) is 18.6 Å². The molecule has 0 aliphatic carbocycles. The third kappa shape index (κ3) is 5.33. The summed E-state index contributed by atoms with van der Waals surface area (Å²) in [6.45, 7) is 6.14. The molecule has 1 aromatic carbocycles. The van der Waals surface area contributed by atoms with Crippen molar-refractivity contribution in [2.45, 2.75) is 25.8 Å². The molecule has 1 amide bonds. The summed E-state index contributed by atoms with van der Waals surface area (Å²) in [6, 6.07) is 13.8. The number of aromatic nitrogens is 4. The molecule has 2 aliphatic rings. The van der Waals surface area contributed by atoms with Crippen LogP contribution in [-0.4, -0.2) is 70.1 Å². The fourth-order valence-electron chi connectivity index (χ4n) is 5.11. The minimum atomic E-state index is -0.204. The van der Waals surface area contributed by atoms with E-state index in [1.807, 2.05) is 36.4 Å². The molecule has 0 atom stereocenters. The predicted octanol–water partition coefficient (Wildman–Crippen LogP) is 4.09. The first-order chi connectivity index (χ1) is 18.2. The van der Waals surface area contributed by atoms with Gasteiger partial charge in [-0.3, -0.25) is 14.7 Å². The summed E-state index contributed by atoms with van der Waals surface area (Å²) in [6.07, 6.45) is 7.12. The number of rotatable bonds is 6. The molecule has 2 aliphatic heterocycles. The number of carbonyl (C=O) groups excluding carboxylic acids is 1. The molecule has 0 bridgehead atoms. The van der Waals surface area contributed by atoms with Crippen LogP contribution in [0.5, 0.6) is 0 Å². The Balaban J connectivity index is 1.15. The number of aromatic amines is 1. The number of hydrogen-bond acceptors (Lipinski definition) is 7. The molecule has 4 aromatic rings. The van der Waals surface area contributed by atoms with Crippen molar-refractivity contribution in [1.29, 1.82) is 0 Å². The highest BCUT2D eigenvalue weighted by molar-refractivity contribution is 6.03. The van der Waals surface area contributed by atoms with Crippen LogP contribution < -0.4 is 10.2 Å². The Morgan fingerprint density at radius 1 is 0.946 bits per heavy atom. The third-order valence-corrected chi connectivity index (χ3v) is 7.08. The summed E-state index contributed by atoms with van der Waals surface area (Å²) < 4.78 is 5.48. The number of hydrogen-bond donors (Lipinski definition) is 2. The van der Waals surface area contributed by atoms with Crippen LogP contribution in [0.1, 0.15) is 35.3 Å². The van der Waals surface area contributed by atoms with Crippen LogP contribution in [0.2, 0.25) is 0 Å². The quantitative estimate of drug-likeness (QED) is 0.414. The number of nitrogens with zero attached hydrogens (tertiary/aromatic N) is 5. The van der Waals surface area contributed by atoms with Crippen molar-refractivity contribution in [2.75, 3.05) is 49.6 Å².